The molecule has 1 aromatic carbocycles. The van der Waals surface area contributed by atoms with Crippen molar-refractivity contribution in [2.24, 2.45) is 5.73 Å². The number of hydrogen-bond donors (Lipinski definition) is 1. The fraction of sp³-hybridized carbons (Fsp3) is 0.294. The summed E-state index contributed by atoms with van der Waals surface area (Å²) in [4.78, 5) is 29.9. The fourth-order valence-corrected chi connectivity index (χ4v) is 3.05. The molecule has 0 aliphatic carbocycles. The number of nitrogens with zero attached hydrogens (tertiary/aromatic N) is 4. The molecule has 0 spiro atoms. The van der Waals surface area contributed by atoms with Gasteiger partial charge in [-0.15, -0.1) is 0 Å². The predicted octanol–water partition coefficient (Wildman–Crippen LogP) is 1.56. The molecule has 2 N–H and O–H groups in total. The van der Waals surface area contributed by atoms with E-state index >= 15 is 0 Å². The first kappa shape index (κ1) is 18.4. The van der Waals surface area contributed by atoms with Crippen molar-refractivity contribution in [1.82, 2.24) is 4.98 Å². The topological polar surface area (TPSA) is 115 Å². The van der Waals surface area contributed by atoms with E-state index in [4.69, 9.17) is 10.5 Å². The molecule has 9 nitrogen and oxygen atoms in total. The van der Waals surface area contributed by atoms with Crippen LogP contribution in [-0.2, 0) is 0 Å². The number of rotatable bonds is 5. The van der Waals surface area contributed by atoms with E-state index in [1.807, 2.05) is 9.80 Å². The van der Waals surface area contributed by atoms with Crippen molar-refractivity contribution in [2.45, 2.75) is 0 Å². The van der Waals surface area contributed by atoms with Crippen LogP contribution < -0.4 is 20.3 Å². The monoisotopic (exact) mass is 375 g/mol. The van der Waals surface area contributed by atoms with Gasteiger partial charge >= 0.3 is 0 Å². The Morgan fingerprint density at radius 1 is 1.26 bits per heavy atom. The summed E-state index contributed by atoms with van der Waals surface area (Å²) in [7, 11) is 1.48. The Hall–Kier alpha value is -3.43. The number of nitrogens with two attached hydrogens (primary N) is 1. The molecule has 0 unspecified atom stereocenters. The first-order valence-corrected chi connectivity index (χ1v) is 8.18. The highest BCUT2D eigenvalue weighted by Gasteiger charge is 2.25. The summed E-state index contributed by atoms with van der Waals surface area (Å²) in [5.41, 5.74) is 5.86. The van der Waals surface area contributed by atoms with Gasteiger partial charge in [-0.25, -0.2) is 9.37 Å². The third-order valence-corrected chi connectivity index (χ3v) is 4.39. The van der Waals surface area contributed by atoms with Gasteiger partial charge in [0.1, 0.15) is 23.6 Å². The number of carbonyl (C=O) groups is 1. The molecule has 2 heterocycles. The Bertz CT molecular complexity index is 884. The molecule has 2 aromatic rings. The molecule has 142 valence electrons. The van der Waals surface area contributed by atoms with E-state index in [2.05, 4.69) is 4.98 Å². The van der Waals surface area contributed by atoms with Gasteiger partial charge in [-0.1, -0.05) is 0 Å². The lowest BCUT2D eigenvalue weighted by Gasteiger charge is -2.37. The minimum Gasteiger partial charge on any atom is -0.494 e. The van der Waals surface area contributed by atoms with E-state index in [0.29, 0.717) is 37.7 Å². The lowest BCUT2D eigenvalue weighted by molar-refractivity contribution is -0.385. The van der Waals surface area contributed by atoms with Crippen LogP contribution in [-0.4, -0.2) is 49.1 Å². The van der Waals surface area contributed by atoms with Crippen LogP contribution in [0.2, 0.25) is 0 Å². The van der Waals surface area contributed by atoms with Gasteiger partial charge in [-0.2, -0.15) is 0 Å². The highest BCUT2D eigenvalue weighted by Crippen LogP contribution is 2.31. The van der Waals surface area contributed by atoms with Gasteiger partial charge in [0.05, 0.1) is 23.3 Å². The van der Waals surface area contributed by atoms with Crippen LogP contribution in [0.15, 0.2) is 30.5 Å². The Morgan fingerprint density at radius 3 is 2.52 bits per heavy atom. The second-order valence-electron chi connectivity index (χ2n) is 5.98. The van der Waals surface area contributed by atoms with Gasteiger partial charge in [0, 0.05) is 38.3 Å². The first-order valence-electron chi connectivity index (χ1n) is 8.18. The number of hydrogen-bond acceptors (Lipinski definition) is 7. The molecule has 1 amide bonds. The van der Waals surface area contributed by atoms with Crippen molar-refractivity contribution in [2.75, 3.05) is 43.1 Å². The van der Waals surface area contributed by atoms with Gasteiger partial charge < -0.3 is 20.3 Å². The summed E-state index contributed by atoms with van der Waals surface area (Å²) >= 11 is 0. The molecule has 0 atom stereocenters. The van der Waals surface area contributed by atoms with Crippen molar-refractivity contribution in [1.29, 1.82) is 0 Å². The Balaban J connectivity index is 1.80. The van der Waals surface area contributed by atoms with E-state index in [1.165, 1.54) is 19.2 Å². The Labute approximate surface area is 154 Å². The largest absolute Gasteiger partial charge is 0.494 e. The molecule has 1 fully saturated rings. The molecule has 0 bridgehead atoms. The number of amides is 1. The van der Waals surface area contributed by atoms with E-state index in [1.54, 1.807) is 6.07 Å². The number of halogens is 1. The highest BCUT2D eigenvalue weighted by molar-refractivity contribution is 5.98. The molecule has 1 aliphatic rings. The Morgan fingerprint density at radius 2 is 1.93 bits per heavy atom. The number of methoxy groups -OCH3 is 1. The normalized spacial score (nSPS) is 14.1. The number of anilines is 2. The van der Waals surface area contributed by atoms with Crippen molar-refractivity contribution in [3.05, 3.63) is 52.0 Å². The van der Waals surface area contributed by atoms with Gasteiger partial charge in [0.2, 0.25) is 0 Å². The zero-order valence-electron chi connectivity index (χ0n) is 14.6. The van der Waals surface area contributed by atoms with Crippen LogP contribution in [0.3, 0.4) is 0 Å². The van der Waals surface area contributed by atoms with Gasteiger partial charge in [-0.3, -0.25) is 14.9 Å². The summed E-state index contributed by atoms with van der Waals surface area (Å²) in [5.74, 6) is -0.396. The molecule has 0 radical (unpaired) electrons. The SMILES string of the molecule is COc1cc(F)ccc1N1CCN(c2ncc([N+](=O)[O-])cc2C(N)=O)CC1. The smallest absolute Gasteiger partial charge is 0.288 e. The summed E-state index contributed by atoms with van der Waals surface area (Å²) in [6, 6.07) is 5.49. The standard InChI is InChI=1S/C17H18FN5O4/c1-27-15-8-11(18)2-3-14(15)21-4-6-22(7-5-21)17-13(16(19)24)9-12(10-20-17)23(25)26/h2-3,8-10H,4-7H2,1H3,(H2,19,24). The molecular weight excluding hydrogens is 357 g/mol. The van der Waals surface area contributed by atoms with Crippen LogP contribution in [0.25, 0.3) is 0 Å². The van der Waals surface area contributed by atoms with E-state index in [0.717, 1.165) is 18.0 Å². The zero-order chi connectivity index (χ0) is 19.6. The minimum absolute atomic E-state index is 0.0111. The highest BCUT2D eigenvalue weighted by atomic mass is 19.1. The van der Waals surface area contributed by atoms with Gasteiger partial charge in [0.15, 0.2) is 0 Å². The van der Waals surface area contributed by atoms with Gasteiger partial charge in [0.25, 0.3) is 11.6 Å². The second kappa shape index (κ2) is 7.44. The first-order chi connectivity index (χ1) is 12.9. The number of piperazine rings is 1. The fourth-order valence-electron chi connectivity index (χ4n) is 3.05. The minimum atomic E-state index is -0.774. The summed E-state index contributed by atoms with van der Waals surface area (Å²) in [6.45, 7) is 2.15. The van der Waals surface area contributed by atoms with Crippen LogP contribution in [0.4, 0.5) is 21.6 Å². The molecule has 10 heteroatoms. The molecule has 27 heavy (non-hydrogen) atoms. The molecule has 1 aromatic heterocycles. The van der Waals surface area contributed by atoms with Crippen molar-refractivity contribution in [3.8, 4) is 5.75 Å². The quantitative estimate of drug-likeness (QED) is 0.623. The van der Waals surface area contributed by atoms with E-state index in [9.17, 15) is 19.3 Å². The second-order valence-corrected chi connectivity index (χ2v) is 5.98. The van der Waals surface area contributed by atoms with Crippen LogP contribution >= 0.6 is 0 Å². The average Bonchev–Trinajstić information content (AvgIpc) is 2.67. The number of pyridine rings is 1. The molecule has 3 rings (SSSR count). The molecule has 1 saturated heterocycles. The third-order valence-electron chi connectivity index (χ3n) is 4.39. The summed E-state index contributed by atoms with van der Waals surface area (Å²) in [6.07, 6.45) is 1.11. The van der Waals surface area contributed by atoms with Crippen molar-refractivity contribution < 1.29 is 18.8 Å². The average molecular weight is 375 g/mol. The number of nitro groups is 1. The summed E-state index contributed by atoms with van der Waals surface area (Å²) in [5, 5.41) is 10.9. The summed E-state index contributed by atoms with van der Waals surface area (Å²) < 4.78 is 18.6. The number of carbonyl (C=O) groups excluding carboxylic acids is 1. The van der Waals surface area contributed by atoms with Crippen molar-refractivity contribution in [3.63, 3.8) is 0 Å². The maximum absolute atomic E-state index is 13.4. The zero-order valence-corrected chi connectivity index (χ0v) is 14.6. The molecular formula is C17H18FN5O4. The molecule has 1 aliphatic heterocycles. The maximum atomic E-state index is 13.4. The van der Waals surface area contributed by atoms with E-state index < -0.39 is 10.8 Å². The van der Waals surface area contributed by atoms with Crippen LogP contribution in [0.5, 0.6) is 5.75 Å². The van der Waals surface area contributed by atoms with E-state index in [-0.39, 0.29) is 17.1 Å². The van der Waals surface area contributed by atoms with Crippen molar-refractivity contribution >= 4 is 23.1 Å². The lowest BCUT2D eigenvalue weighted by Crippen LogP contribution is -2.47. The number of primary amides is 1. The number of ether oxygens (including phenoxy) is 1. The number of aromatic nitrogens is 1. The number of benzene rings is 1. The third kappa shape index (κ3) is 3.73. The van der Waals surface area contributed by atoms with Crippen LogP contribution in [0, 0.1) is 15.9 Å². The van der Waals surface area contributed by atoms with Gasteiger partial charge in [-0.05, 0) is 12.1 Å². The maximum Gasteiger partial charge on any atom is 0.288 e. The van der Waals surface area contributed by atoms with Crippen LogP contribution in [0.1, 0.15) is 10.4 Å². The predicted molar refractivity (Wildman–Crippen MR) is 96.8 cm³/mol. The Kier molecular flexibility index (Phi) is 5.06. The lowest BCUT2D eigenvalue weighted by atomic mass is 10.2. The molecule has 0 saturated carbocycles.